The summed E-state index contributed by atoms with van der Waals surface area (Å²) in [7, 11) is 0. The van der Waals surface area contributed by atoms with Gasteiger partial charge in [-0.2, -0.15) is 15.0 Å². The maximum absolute atomic E-state index is 13.1. The van der Waals surface area contributed by atoms with E-state index in [-0.39, 0.29) is 65.7 Å². The van der Waals surface area contributed by atoms with Crippen LogP contribution in [0.3, 0.4) is 0 Å². The number of aromatic hydroxyl groups is 1. The van der Waals surface area contributed by atoms with Crippen LogP contribution in [0, 0.1) is 0 Å². The molecule has 0 radical (unpaired) electrons. The van der Waals surface area contributed by atoms with Crippen LogP contribution in [0.1, 0.15) is 37.0 Å². The number of phenols is 1. The second kappa shape index (κ2) is 15.5. The normalized spacial score (nSPS) is 20.4. The van der Waals surface area contributed by atoms with E-state index >= 15 is 0 Å². The molecular formula is C34H42ClN11O4. The lowest BCUT2D eigenvalue weighted by atomic mass is 10.0. The molecule has 0 saturated carbocycles. The largest absolute Gasteiger partial charge is 0.506 e. The van der Waals surface area contributed by atoms with E-state index in [0.717, 1.165) is 5.39 Å². The summed E-state index contributed by atoms with van der Waals surface area (Å²) in [6.07, 6.45) is 1.25. The number of piperidine rings is 2. The molecule has 50 heavy (non-hydrogen) atoms. The molecule has 3 heterocycles. The van der Waals surface area contributed by atoms with Gasteiger partial charge in [-0.25, -0.2) is 0 Å². The van der Waals surface area contributed by atoms with Gasteiger partial charge >= 0.3 is 0 Å². The number of nitrogens with two attached hydrogens (primary N) is 2. The molecule has 2 aliphatic rings. The van der Waals surface area contributed by atoms with Gasteiger partial charge < -0.3 is 47.6 Å². The molecular weight excluding hydrogens is 662 g/mol. The van der Waals surface area contributed by atoms with Gasteiger partial charge in [0.2, 0.25) is 29.7 Å². The van der Waals surface area contributed by atoms with E-state index < -0.39 is 5.91 Å². The first kappa shape index (κ1) is 36.0. The van der Waals surface area contributed by atoms with Crippen molar-refractivity contribution in [3.05, 3.63) is 66.2 Å². The van der Waals surface area contributed by atoms with Gasteiger partial charge in [0, 0.05) is 81.0 Å². The zero-order chi connectivity index (χ0) is 34.7. The van der Waals surface area contributed by atoms with Gasteiger partial charge in [0.25, 0.3) is 5.91 Å². The molecule has 0 spiro atoms. The first-order valence-electron chi connectivity index (χ1n) is 16.2. The van der Waals surface area contributed by atoms with Crippen molar-refractivity contribution in [3.63, 3.8) is 0 Å². The number of carbonyl (C=O) groups excluding carboxylic acids is 3. The summed E-state index contributed by atoms with van der Waals surface area (Å²) < 4.78 is 0. The number of hydrogen-bond acceptors (Lipinski definition) is 12. The molecule has 6 rings (SSSR count). The van der Waals surface area contributed by atoms with Gasteiger partial charge in [-0.15, -0.1) is 12.4 Å². The molecule has 2 saturated heterocycles. The quantitative estimate of drug-likeness (QED) is 0.141. The van der Waals surface area contributed by atoms with E-state index in [2.05, 4.69) is 21.3 Å². The Morgan fingerprint density at radius 1 is 0.740 bits per heavy atom. The standard InChI is InChI=1S/C34H41N11O4.ClH/c1-19(46)37-26-14-27(38-20(2)47)18-45(17-26)34-42-32(41-33(43-34)44-15-22(35)13-23(36)16-44)40-25-10-8-24(9-11-25)39-31(49)29-12-7-21-5-3-4-6-28(21)30(29)48;/h3-12,22-23,26-27,48H,13-18,35-36H2,1-2H3,(H,37,46)(H,38,47)(H,39,49)(H,40,41,42,43);1H/t22-,23+,26-,27+;. The molecule has 3 aromatic carbocycles. The minimum absolute atomic E-state index is 0. The SMILES string of the molecule is CC(=O)N[C@@H]1C[C@H](NC(C)=O)CN(c2nc(Nc3ccc(NC(=O)c4ccc5ccccc5c4O)cc3)nc(N3C[C@H](N)C[C@H](N)C3)n2)C1.Cl. The van der Waals surface area contributed by atoms with Crippen molar-refractivity contribution in [2.75, 3.05) is 46.6 Å². The third-order valence-corrected chi connectivity index (χ3v) is 8.50. The molecule has 1 aromatic heterocycles. The number of nitrogens with one attached hydrogen (secondary N) is 4. The lowest BCUT2D eigenvalue weighted by Crippen LogP contribution is -2.57. The predicted molar refractivity (Wildman–Crippen MR) is 195 cm³/mol. The Morgan fingerprint density at radius 3 is 1.90 bits per heavy atom. The molecule has 16 heteroatoms. The molecule has 0 bridgehead atoms. The van der Waals surface area contributed by atoms with Crippen molar-refractivity contribution >= 4 is 70.1 Å². The molecule has 9 N–H and O–H groups in total. The maximum Gasteiger partial charge on any atom is 0.259 e. The highest BCUT2D eigenvalue weighted by Crippen LogP contribution is 2.30. The van der Waals surface area contributed by atoms with E-state index in [9.17, 15) is 19.5 Å². The summed E-state index contributed by atoms with van der Waals surface area (Å²) in [6, 6.07) is 16.9. The van der Waals surface area contributed by atoms with Crippen LogP contribution in [0.5, 0.6) is 5.75 Å². The lowest BCUT2D eigenvalue weighted by Gasteiger charge is -2.39. The van der Waals surface area contributed by atoms with E-state index in [1.165, 1.54) is 13.8 Å². The summed E-state index contributed by atoms with van der Waals surface area (Å²) in [5.41, 5.74) is 13.9. The number of carbonyl (C=O) groups is 3. The Labute approximate surface area is 295 Å². The van der Waals surface area contributed by atoms with E-state index in [4.69, 9.17) is 26.4 Å². The van der Waals surface area contributed by atoms with Crippen LogP contribution in [0.2, 0.25) is 0 Å². The minimum Gasteiger partial charge on any atom is -0.506 e. The van der Waals surface area contributed by atoms with Gasteiger partial charge in [-0.05, 0) is 48.6 Å². The van der Waals surface area contributed by atoms with Crippen molar-refractivity contribution in [2.45, 2.75) is 50.9 Å². The number of halogens is 1. The van der Waals surface area contributed by atoms with Crippen LogP contribution in [0.4, 0.5) is 29.2 Å². The number of fused-ring (bicyclic) bond motifs is 1. The van der Waals surface area contributed by atoms with Gasteiger partial charge in [-0.3, -0.25) is 14.4 Å². The molecule has 3 amide bonds. The van der Waals surface area contributed by atoms with Gasteiger partial charge in [0.15, 0.2) is 0 Å². The summed E-state index contributed by atoms with van der Waals surface area (Å²) >= 11 is 0. The van der Waals surface area contributed by atoms with Gasteiger partial charge in [0.05, 0.1) is 5.56 Å². The summed E-state index contributed by atoms with van der Waals surface area (Å²) in [5.74, 6) is 0.175. The van der Waals surface area contributed by atoms with Gasteiger partial charge in [-0.1, -0.05) is 30.3 Å². The Hall–Kier alpha value is -5.25. The number of amides is 3. The van der Waals surface area contributed by atoms with E-state index in [1.54, 1.807) is 42.5 Å². The van der Waals surface area contributed by atoms with Crippen molar-refractivity contribution < 1.29 is 19.5 Å². The number of phenolic OH excluding ortho intramolecular Hbond substituents is 1. The number of benzene rings is 3. The van der Waals surface area contributed by atoms with E-state index in [0.29, 0.717) is 67.7 Å². The summed E-state index contributed by atoms with van der Waals surface area (Å²) in [6.45, 7) is 4.81. The molecule has 2 fully saturated rings. The van der Waals surface area contributed by atoms with Crippen LogP contribution < -0.4 is 42.5 Å². The highest BCUT2D eigenvalue weighted by molar-refractivity contribution is 6.09. The highest BCUT2D eigenvalue weighted by atomic mass is 35.5. The fraction of sp³-hybridized carbons (Fsp3) is 0.353. The van der Waals surface area contributed by atoms with E-state index in [1.807, 2.05) is 28.0 Å². The fourth-order valence-corrected chi connectivity index (χ4v) is 6.48. The van der Waals surface area contributed by atoms with Crippen molar-refractivity contribution in [3.8, 4) is 5.75 Å². The maximum atomic E-state index is 13.1. The molecule has 4 atom stereocenters. The van der Waals surface area contributed by atoms with Crippen LogP contribution in [-0.4, -0.2) is 88.1 Å². The molecule has 4 aromatic rings. The number of rotatable bonds is 8. The number of anilines is 5. The molecule has 2 aliphatic heterocycles. The highest BCUT2D eigenvalue weighted by Gasteiger charge is 2.32. The first-order chi connectivity index (χ1) is 23.5. The topological polar surface area (TPSA) is 217 Å². The Bertz CT molecular complexity index is 1830. The van der Waals surface area contributed by atoms with Crippen LogP contribution in [0.25, 0.3) is 10.8 Å². The van der Waals surface area contributed by atoms with Crippen molar-refractivity contribution in [1.82, 2.24) is 25.6 Å². The molecule has 0 unspecified atom stereocenters. The van der Waals surface area contributed by atoms with Crippen molar-refractivity contribution in [1.29, 1.82) is 0 Å². The Kier molecular flexibility index (Phi) is 11.2. The molecule has 15 nitrogen and oxygen atoms in total. The fourth-order valence-electron chi connectivity index (χ4n) is 6.48. The average Bonchev–Trinajstić information content (AvgIpc) is 3.04. The molecule has 0 aliphatic carbocycles. The van der Waals surface area contributed by atoms with Crippen molar-refractivity contribution in [2.24, 2.45) is 11.5 Å². The molecule has 264 valence electrons. The lowest BCUT2D eigenvalue weighted by molar-refractivity contribution is -0.119. The average molecular weight is 704 g/mol. The second-order valence-corrected chi connectivity index (χ2v) is 12.7. The smallest absolute Gasteiger partial charge is 0.259 e. The minimum atomic E-state index is -0.440. The zero-order valence-corrected chi connectivity index (χ0v) is 28.6. The monoisotopic (exact) mass is 703 g/mol. The first-order valence-corrected chi connectivity index (χ1v) is 16.2. The summed E-state index contributed by atoms with van der Waals surface area (Å²) in [4.78, 5) is 55.1. The summed E-state index contributed by atoms with van der Waals surface area (Å²) in [5, 5.41) is 24.2. The third kappa shape index (κ3) is 8.66. The Balaban J connectivity index is 0.00000486. The number of nitrogens with zero attached hydrogens (tertiary/aromatic N) is 5. The van der Waals surface area contributed by atoms with Crippen LogP contribution >= 0.6 is 12.4 Å². The van der Waals surface area contributed by atoms with Crippen LogP contribution in [0.15, 0.2) is 60.7 Å². The van der Waals surface area contributed by atoms with Crippen LogP contribution in [-0.2, 0) is 9.59 Å². The number of hydrogen-bond donors (Lipinski definition) is 7. The third-order valence-electron chi connectivity index (χ3n) is 8.50. The Morgan fingerprint density at radius 2 is 1.30 bits per heavy atom. The second-order valence-electron chi connectivity index (χ2n) is 12.7. The van der Waals surface area contributed by atoms with Gasteiger partial charge in [0.1, 0.15) is 5.75 Å². The number of aromatic nitrogens is 3. The predicted octanol–water partition coefficient (Wildman–Crippen LogP) is 2.23. The zero-order valence-electron chi connectivity index (χ0n) is 27.8.